The Morgan fingerprint density at radius 2 is 2.08 bits per heavy atom. The highest BCUT2D eigenvalue weighted by Crippen LogP contribution is 2.24. The third kappa shape index (κ3) is 2.04. The minimum Gasteiger partial charge on any atom is -0.393 e. The van der Waals surface area contributed by atoms with Gasteiger partial charge in [0, 0.05) is 10.0 Å². The molecule has 1 unspecified atom stereocenters. The lowest BCUT2D eigenvalue weighted by molar-refractivity contribution is -0.288. The summed E-state index contributed by atoms with van der Waals surface area (Å²) in [4.78, 5) is 4.09. The van der Waals surface area contributed by atoms with Crippen LogP contribution in [0.5, 0.6) is 0 Å². The van der Waals surface area contributed by atoms with Crippen LogP contribution in [0.2, 0.25) is 0 Å². The summed E-state index contributed by atoms with van der Waals surface area (Å²) in [5.74, 6) is 0. The van der Waals surface area contributed by atoms with Crippen molar-refractivity contribution >= 4 is 15.9 Å². The van der Waals surface area contributed by atoms with Crippen molar-refractivity contribution in [3.05, 3.63) is 34.3 Å². The van der Waals surface area contributed by atoms with Gasteiger partial charge in [0.1, 0.15) is 6.10 Å². The van der Waals surface area contributed by atoms with Crippen molar-refractivity contribution < 1.29 is 15.3 Å². The van der Waals surface area contributed by atoms with Crippen molar-refractivity contribution in [3.8, 4) is 0 Å². The minimum atomic E-state index is -0.680. The Morgan fingerprint density at radius 3 is 2.58 bits per heavy atom. The zero-order chi connectivity index (χ0) is 8.97. The van der Waals surface area contributed by atoms with E-state index in [0.717, 1.165) is 10.0 Å². The van der Waals surface area contributed by atoms with Crippen LogP contribution in [0.25, 0.3) is 0 Å². The standard InChI is InChI=1S/C8H9BrO3/c9-7-4-2-1-3-6(7)8(5-10)12-11/h1-4,8,10-11H,5H2. The summed E-state index contributed by atoms with van der Waals surface area (Å²) in [7, 11) is 0. The number of hydrogen-bond acceptors (Lipinski definition) is 3. The first kappa shape index (κ1) is 9.67. The average molecular weight is 233 g/mol. The van der Waals surface area contributed by atoms with Crippen LogP contribution in [-0.2, 0) is 4.89 Å². The van der Waals surface area contributed by atoms with Crippen LogP contribution < -0.4 is 0 Å². The van der Waals surface area contributed by atoms with Gasteiger partial charge >= 0.3 is 0 Å². The van der Waals surface area contributed by atoms with Crippen LogP contribution in [0.3, 0.4) is 0 Å². The van der Waals surface area contributed by atoms with Crippen LogP contribution in [0.1, 0.15) is 11.7 Å². The van der Waals surface area contributed by atoms with E-state index in [4.69, 9.17) is 10.4 Å². The zero-order valence-electron chi connectivity index (χ0n) is 6.27. The van der Waals surface area contributed by atoms with E-state index in [2.05, 4.69) is 20.8 Å². The van der Waals surface area contributed by atoms with E-state index in [-0.39, 0.29) is 6.61 Å². The van der Waals surface area contributed by atoms with Crippen LogP contribution in [0, 0.1) is 0 Å². The van der Waals surface area contributed by atoms with Gasteiger partial charge in [-0.05, 0) is 6.07 Å². The molecule has 1 rings (SSSR count). The Balaban J connectivity index is 2.92. The molecule has 0 spiro atoms. The normalized spacial score (nSPS) is 12.9. The maximum absolute atomic E-state index is 8.80. The van der Waals surface area contributed by atoms with E-state index >= 15 is 0 Å². The molecule has 1 aromatic rings. The predicted molar refractivity (Wildman–Crippen MR) is 47.7 cm³/mol. The van der Waals surface area contributed by atoms with Gasteiger partial charge in [-0.1, -0.05) is 34.1 Å². The maximum atomic E-state index is 8.80. The molecule has 1 aromatic carbocycles. The second kappa shape index (κ2) is 4.57. The summed E-state index contributed by atoms with van der Waals surface area (Å²) >= 11 is 3.28. The summed E-state index contributed by atoms with van der Waals surface area (Å²) in [6.45, 7) is -0.251. The molecule has 0 aliphatic heterocycles. The summed E-state index contributed by atoms with van der Waals surface area (Å²) in [6, 6.07) is 7.24. The third-order valence-electron chi connectivity index (χ3n) is 1.55. The number of rotatable bonds is 3. The van der Waals surface area contributed by atoms with Gasteiger partial charge in [-0.15, -0.1) is 0 Å². The quantitative estimate of drug-likeness (QED) is 0.619. The van der Waals surface area contributed by atoms with E-state index < -0.39 is 6.10 Å². The van der Waals surface area contributed by atoms with Crippen molar-refractivity contribution in [1.29, 1.82) is 0 Å². The molecular weight excluding hydrogens is 224 g/mol. The molecule has 0 aliphatic rings. The molecule has 0 amide bonds. The molecule has 0 heterocycles. The van der Waals surface area contributed by atoms with E-state index in [0.29, 0.717) is 0 Å². The molecule has 0 radical (unpaired) electrons. The number of halogens is 1. The largest absolute Gasteiger partial charge is 0.393 e. The molecule has 3 nitrogen and oxygen atoms in total. The Morgan fingerprint density at radius 1 is 1.42 bits per heavy atom. The Bertz CT molecular complexity index is 248. The molecule has 0 aromatic heterocycles. The van der Waals surface area contributed by atoms with Crippen molar-refractivity contribution in [2.45, 2.75) is 6.10 Å². The van der Waals surface area contributed by atoms with E-state index in [1.807, 2.05) is 18.2 Å². The van der Waals surface area contributed by atoms with E-state index in [1.54, 1.807) is 6.07 Å². The lowest BCUT2D eigenvalue weighted by atomic mass is 10.1. The average Bonchev–Trinajstić information content (AvgIpc) is 2.10. The van der Waals surface area contributed by atoms with Gasteiger partial charge in [-0.2, -0.15) is 0 Å². The first-order valence-electron chi connectivity index (χ1n) is 3.45. The van der Waals surface area contributed by atoms with Crippen molar-refractivity contribution in [1.82, 2.24) is 0 Å². The lowest BCUT2D eigenvalue weighted by Crippen LogP contribution is -2.06. The molecule has 0 bridgehead atoms. The van der Waals surface area contributed by atoms with E-state index in [9.17, 15) is 0 Å². The Hall–Kier alpha value is -0.420. The Kier molecular flexibility index (Phi) is 3.68. The van der Waals surface area contributed by atoms with Gasteiger partial charge in [-0.25, -0.2) is 4.89 Å². The van der Waals surface area contributed by atoms with Gasteiger partial charge in [0.2, 0.25) is 0 Å². The van der Waals surface area contributed by atoms with Crippen LogP contribution in [-0.4, -0.2) is 17.0 Å². The fourth-order valence-electron chi connectivity index (χ4n) is 0.925. The second-order valence-electron chi connectivity index (χ2n) is 2.30. The summed E-state index contributed by atoms with van der Waals surface area (Å²) in [6.07, 6.45) is -0.680. The molecule has 12 heavy (non-hydrogen) atoms. The van der Waals surface area contributed by atoms with Gasteiger partial charge in [0.15, 0.2) is 0 Å². The molecule has 0 saturated carbocycles. The van der Waals surface area contributed by atoms with Crippen LogP contribution in [0.15, 0.2) is 28.7 Å². The number of benzene rings is 1. The molecular formula is C8H9BrO3. The smallest absolute Gasteiger partial charge is 0.142 e. The van der Waals surface area contributed by atoms with Gasteiger partial charge in [0.25, 0.3) is 0 Å². The summed E-state index contributed by atoms with van der Waals surface area (Å²) < 4.78 is 0.804. The predicted octanol–water partition coefficient (Wildman–Crippen LogP) is 1.97. The first-order valence-corrected chi connectivity index (χ1v) is 4.24. The SMILES string of the molecule is OCC(OO)c1ccccc1Br. The highest BCUT2D eigenvalue weighted by molar-refractivity contribution is 9.10. The number of aliphatic hydroxyl groups excluding tert-OH is 1. The highest BCUT2D eigenvalue weighted by atomic mass is 79.9. The Labute approximate surface area is 78.7 Å². The zero-order valence-corrected chi connectivity index (χ0v) is 7.86. The summed E-state index contributed by atoms with van der Waals surface area (Å²) in [5, 5.41) is 17.2. The molecule has 0 saturated heterocycles. The monoisotopic (exact) mass is 232 g/mol. The van der Waals surface area contributed by atoms with Gasteiger partial charge in [-0.3, -0.25) is 5.26 Å². The molecule has 1 atom stereocenters. The van der Waals surface area contributed by atoms with Gasteiger partial charge in [0.05, 0.1) is 6.61 Å². The summed E-state index contributed by atoms with van der Waals surface area (Å²) in [5.41, 5.74) is 0.725. The topological polar surface area (TPSA) is 49.7 Å². The van der Waals surface area contributed by atoms with E-state index in [1.165, 1.54) is 0 Å². The second-order valence-corrected chi connectivity index (χ2v) is 3.15. The molecule has 2 N–H and O–H groups in total. The maximum Gasteiger partial charge on any atom is 0.142 e. The lowest BCUT2D eigenvalue weighted by Gasteiger charge is -2.11. The minimum absolute atomic E-state index is 0.251. The highest BCUT2D eigenvalue weighted by Gasteiger charge is 2.12. The molecule has 0 aliphatic carbocycles. The fraction of sp³-hybridized carbons (Fsp3) is 0.250. The number of hydrogen-bond donors (Lipinski definition) is 2. The number of aliphatic hydroxyl groups is 1. The fourth-order valence-corrected chi connectivity index (χ4v) is 1.46. The van der Waals surface area contributed by atoms with Crippen molar-refractivity contribution in [2.24, 2.45) is 0 Å². The first-order chi connectivity index (χ1) is 5.79. The molecule has 66 valence electrons. The van der Waals surface area contributed by atoms with Crippen LogP contribution >= 0.6 is 15.9 Å². The van der Waals surface area contributed by atoms with Crippen molar-refractivity contribution in [3.63, 3.8) is 0 Å². The van der Waals surface area contributed by atoms with Gasteiger partial charge < -0.3 is 5.11 Å². The molecule has 0 fully saturated rings. The third-order valence-corrected chi connectivity index (χ3v) is 2.27. The van der Waals surface area contributed by atoms with Crippen LogP contribution in [0.4, 0.5) is 0 Å². The molecule has 4 heteroatoms. The van der Waals surface area contributed by atoms with Crippen molar-refractivity contribution in [2.75, 3.05) is 6.61 Å².